The second kappa shape index (κ2) is 7.18. The summed E-state index contributed by atoms with van der Waals surface area (Å²) in [5.41, 5.74) is 6.30. The summed E-state index contributed by atoms with van der Waals surface area (Å²) < 4.78 is 45.9. The number of rotatable bonds is 4. The van der Waals surface area contributed by atoms with Gasteiger partial charge in [0.2, 0.25) is 5.91 Å². The van der Waals surface area contributed by atoms with Gasteiger partial charge in [-0.3, -0.25) is 4.79 Å². The summed E-state index contributed by atoms with van der Waals surface area (Å²) in [5.74, 6) is -0.719. The van der Waals surface area contributed by atoms with Crippen molar-refractivity contribution < 1.29 is 27.4 Å². The minimum atomic E-state index is -4.78. The van der Waals surface area contributed by atoms with Crippen LogP contribution < -0.4 is 15.4 Å². The molecule has 0 spiro atoms. The zero-order valence-corrected chi connectivity index (χ0v) is 12.7. The summed E-state index contributed by atoms with van der Waals surface area (Å²) in [7, 11) is 1.48. The van der Waals surface area contributed by atoms with Crippen molar-refractivity contribution in [3.63, 3.8) is 0 Å². The first-order valence-electron chi connectivity index (χ1n) is 7.24. The number of likely N-dealkylation sites (N-methyl/N-ethyl adjacent to an activating group) is 1. The van der Waals surface area contributed by atoms with Gasteiger partial charge in [-0.2, -0.15) is 0 Å². The number of ether oxygens (including phenoxy) is 2. The van der Waals surface area contributed by atoms with Gasteiger partial charge < -0.3 is 20.1 Å². The largest absolute Gasteiger partial charge is 0.573 e. The van der Waals surface area contributed by atoms with E-state index in [4.69, 9.17) is 10.5 Å². The molecule has 1 atom stereocenters. The number of amides is 1. The van der Waals surface area contributed by atoms with Gasteiger partial charge in [0.15, 0.2) is 0 Å². The van der Waals surface area contributed by atoms with Crippen molar-refractivity contribution in [2.24, 2.45) is 11.7 Å². The molecule has 1 aromatic rings. The minimum absolute atomic E-state index is 0.00769. The van der Waals surface area contributed by atoms with Crippen molar-refractivity contribution >= 4 is 11.6 Å². The number of anilines is 1. The van der Waals surface area contributed by atoms with E-state index in [1.54, 1.807) is 0 Å². The van der Waals surface area contributed by atoms with Crippen LogP contribution >= 0.6 is 0 Å². The molecule has 1 aliphatic rings. The topological polar surface area (TPSA) is 64.8 Å². The molecule has 5 nitrogen and oxygen atoms in total. The normalized spacial score (nSPS) is 17.6. The van der Waals surface area contributed by atoms with Gasteiger partial charge in [0.25, 0.3) is 0 Å². The van der Waals surface area contributed by atoms with Gasteiger partial charge in [-0.25, -0.2) is 0 Å². The second-order valence-electron chi connectivity index (χ2n) is 5.42. The van der Waals surface area contributed by atoms with E-state index in [1.165, 1.54) is 30.1 Å². The van der Waals surface area contributed by atoms with Crippen molar-refractivity contribution in [3.05, 3.63) is 24.3 Å². The van der Waals surface area contributed by atoms with Gasteiger partial charge in [-0.15, -0.1) is 13.2 Å². The molecule has 0 aliphatic carbocycles. The van der Waals surface area contributed by atoms with Crippen LogP contribution in [0.5, 0.6) is 5.75 Å². The summed E-state index contributed by atoms with van der Waals surface area (Å²) in [4.78, 5) is 13.7. The zero-order chi connectivity index (χ0) is 17.0. The zero-order valence-electron chi connectivity index (χ0n) is 12.7. The maximum absolute atomic E-state index is 12.4. The maximum Gasteiger partial charge on any atom is 0.573 e. The van der Waals surface area contributed by atoms with E-state index < -0.39 is 12.4 Å². The molecule has 1 amide bonds. The van der Waals surface area contributed by atoms with E-state index in [9.17, 15) is 18.0 Å². The molecule has 1 aromatic carbocycles. The molecule has 23 heavy (non-hydrogen) atoms. The summed E-state index contributed by atoms with van der Waals surface area (Å²) in [6.45, 7) is 1.12. The predicted molar refractivity (Wildman–Crippen MR) is 78.1 cm³/mol. The van der Waals surface area contributed by atoms with Crippen LogP contribution in [0, 0.1) is 5.92 Å². The van der Waals surface area contributed by atoms with Crippen LogP contribution in [0.3, 0.4) is 0 Å². The molecule has 2 N–H and O–H groups in total. The highest BCUT2D eigenvalue weighted by Gasteiger charge is 2.32. The molecule has 1 unspecified atom stereocenters. The molecular formula is C15H19F3N2O3. The Morgan fingerprint density at radius 2 is 2.04 bits per heavy atom. The van der Waals surface area contributed by atoms with Gasteiger partial charge in [0.1, 0.15) is 5.75 Å². The number of hydrogen-bond donors (Lipinski definition) is 1. The third-order valence-corrected chi connectivity index (χ3v) is 3.83. The van der Waals surface area contributed by atoms with E-state index in [1.807, 2.05) is 0 Å². The van der Waals surface area contributed by atoms with Crippen LogP contribution in [-0.2, 0) is 9.53 Å². The lowest BCUT2D eigenvalue weighted by atomic mass is 9.91. The molecule has 8 heteroatoms. The van der Waals surface area contributed by atoms with E-state index >= 15 is 0 Å². The number of halogens is 3. The Balaban J connectivity index is 2.08. The first-order valence-corrected chi connectivity index (χ1v) is 7.24. The summed E-state index contributed by atoms with van der Waals surface area (Å²) in [5, 5.41) is 0. The van der Waals surface area contributed by atoms with Crippen LogP contribution in [0.1, 0.15) is 12.8 Å². The Kier molecular flexibility index (Phi) is 5.48. The van der Waals surface area contributed by atoms with Crippen LogP contribution in [-0.4, -0.2) is 38.6 Å². The third kappa shape index (κ3) is 4.84. The Bertz CT molecular complexity index is 545. The molecule has 2 rings (SSSR count). The van der Waals surface area contributed by atoms with Crippen molar-refractivity contribution in [1.82, 2.24) is 0 Å². The lowest BCUT2D eigenvalue weighted by Gasteiger charge is -2.30. The molecule has 128 valence electrons. The third-order valence-electron chi connectivity index (χ3n) is 3.83. The lowest BCUT2D eigenvalue weighted by Crippen LogP contribution is -2.47. The van der Waals surface area contributed by atoms with Crippen LogP contribution in [0.4, 0.5) is 18.9 Å². The SMILES string of the molecule is CN(C(=O)C(N)C1CCOCC1)c1cccc(OC(F)(F)F)c1. The van der Waals surface area contributed by atoms with E-state index in [-0.39, 0.29) is 17.6 Å². The van der Waals surface area contributed by atoms with E-state index in [0.29, 0.717) is 31.7 Å². The van der Waals surface area contributed by atoms with Gasteiger partial charge in [0.05, 0.1) is 6.04 Å². The summed E-state index contributed by atoms with van der Waals surface area (Å²) in [6, 6.07) is 4.53. The lowest BCUT2D eigenvalue weighted by molar-refractivity contribution is -0.274. The number of nitrogens with zero attached hydrogens (tertiary/aromatic N) is 1. The molecule has 0 aromatic heterocycles. The van der Waals surface area contributed by atoms with Gasteiger partial charge >= 0.3 is 6.36 Å². The van der Waals surface area contributed by atoms with Crippen molar-refractivity contribution in [3.8, 4) is 5.75 Å². The minimum Gasteiger partial charge on any atom is -0.406 e. The van der Waals surface area contributed by atoms with Gasteiger partial charge in [-0.05, 0) is 30.9 Å². The Hall–Kier alpha value is -1.80. The highest BCUT2D eigenvalue weighted by atomic mass is 19.4. The summed E-state index contributed by atoms with van der Waals surface area (Å²) in [6.07, 6.45) is -3.39. The monoisotopic (exact) mass is 332 g/mol. The first-order chi connectivity index (χ1) is 10.8. The molecule has 1 fully saturated rings. The van der Waals surface area contributed by atoms with Crippen molar-refractivity contribution in [2.75, 3.05) is 25.2 Å². The average molecular weight is 332 g/mol. The first kappa shape index (κ1) is 17.6. The van der Waals surface area contributed by atoms with E-state index in [2.05, 4.69) is 4.74 Å². The fourth-order valence-electron chi connectivity index (χ4n) is 2.52. The fraction of sp³-hybridized carbons (Fsp3) is 0.533. The van der Waals surface area contributed by atoms with Crippen LogP contribution in [0.25, 0.3) is 0 Å². The molecule has 0 radical (unpaired) electrons. The molecule has 1 heterocycles. The number of hydrogen-bond acceptors (Lipinski definition) is 4. The van der Waals surface area contributed by atoms with Gasteiger partial charge in [-0.1, -0.05) is 6.07 Å². The highest BCUT2D eigenvalue weighted by Crippen LogP contribution is 2.27. The molecule has 1 saturated heterocycles. The molecule has 0 bridgehead atoms. The molecule has 0 saturated carbocycles. The quantitative estimate of drug-likeness (QED) is 0.919. The Morgan fingerprint density at radius 3 is 2.65 bits per heavy atom. The average Bonchev–Trinajstić information content (AvgIpc) is 2.52. The summed E-state index contributed by atoms with van der Waals surface area (Å²) >= 11 is 0. The molecule has 1 aliphatic heterocycles. The fourth-order valence-corrected chi connectivity index (χ4v) is 2.52. The number of alkyl halides is 3. The second-order valence-corrected chi connectivity index (χ2v) is 5.42. The smallest absolute Gasteiger partial charge is 0.406 e. The Morgan fingerprint density at radius 1 is 1.39 bits per heavy atom. The number of carbonyl (C=O) groups is 1. The van der Waals surface area contributed by atoms with Crippen molar-refractivity contribution in [2.45, 2.75) is 25.2 Å². The highest BCUT2D eigenvalue weighted by molar-refractivity contribution is 5.96. The standard InChI is InChI=1S/C15H19F3N2O3/c1-20(14(21)13(19)10-5-7-22-8-6-10)11-3-2-4-12(9-11)23-15(16,17)18/h2-4,9-10,13H,5-8,19H2,1H3. The van der Waals surface area contributed by atoms with Crippen LogP contribution in [0.2, 0.25) is 0 Å². The van der Waals surface area contributed by atoms with Crippen molar-refractivity contribution in [1.29, 1.82) is 0 Å². The van der Waals surface area contributed by atoms with E-state index in [0.717, 1.165) is 6.07 Å². The number of nitrogens with two attached hydrogens (primary N) is 1. The maximum atomic E-state index is 12.4. The predicted octanol–water partition coefficient (Wildman–Crippen LogP) is 2.30. The number of benzene rings is 1. The van der Waals surface area contributed by atoms with Crippen LogP contribution in [0.15, 0.2) is 24.3 Å². The molecular weight excluding hydrogens is 313 g/mol. The van der Waals surface area contributed by atoms with Gasteiger partial charge in [0, 0.05) is 32.0 Å². The number of carbonyl (C=O) groups excluding carboxylic acids is 1. The Labute approximate surface area is 132 Å².